The van der Waals surface area contributed by atoms with Crippen LogP contribution in [0.4, 0.5) is 15.8 Å². The molecule has 3 aromatic carbocycles. The molecule has 0 aliphatic carbocycles. The Hall–Kier alpha value is -3.92. The fraction of sp³-hybridized carbons (Fsp3) is 0.167. The number of anilines is 2. The summed E-state index contributed by atoms with van der Waals surface area (Å²) >= 11 is 0. The summed E-state index contributed by atoms with van der Waals surface area (Å²) in [5.74, 6) is -0.570. The first-order valence-electron chi connectivity index (χ1n) is 10.3. The first kappa shape index (κ1) is 24.7. The Morgan fingerprint density at radius 1 is 0.971 bits per heavy atom. The van der Waals surface area contributed by atoms with Crippen molar-refractivity contribution in [2.45, 2.75) is 24.3 Å². The highest BCUT2D eigenvalue weighted by Crippen LogP contribution is 2.22. The number of methoxy groups -OCH3 is 1. The van der Waals surface area contributed by atoms with Gasteiger partial charge in [0.1, 0.15) is 11.6 Å². The van der Waals surface area contributed by atoms with Crippen LogP contribution in [-0.4, -0.2) is 27.3 Å². The van der Waals surface area contributed by atoms with Crippen LogP contribution in [-0.2, 0) is 19.6 Å². The molecule has 10 heteroatoms. The number of carbonyl (C=O) groups excluding carboxylic acids is 2. The highest BCUT2D eigenvalue weighted by atomic mass is 32.2. The molecular weight excluding hydrogens is 461 g/mol. The Kier molecular flexibility index (Phi) is 7.85. The molecule has 1 atom stereocenters. The Balaban J connectivity index is 1.67. The molecule has 3 aromatic rings. The zero-order valence-electron chi connectivity index (χ0n) is 18.5. The molecule has 3 N–H and O–H groups in total. The number of nitrogens with one attached hydrogen (secondary N) is 3. The summed E-state index contributed by atoms with van der Waals surface area (Å²) in [6.07, 6.45) is -0.0346. The number of hydrogen-bond acceptors (Lipinski definition) is 5. The number of halogens is 1. The van der Waals surface area contributed by atoms with Crippen molar-refractivity contribution >= 4 is 33.2 Å². The first-order chi connectivity index (χ1) is 16.2. The monoisotopic (exact) mass is 485 g/mol. The van der Waals surface area contributed by atoms with Crippen LogP contribution in [0.25, 0.3) is 0 Å². The van der Waals surface area contributed by atoms with Gasteiger partial charge in [-0.1, -0.05) is 18.2 Å². The van der Waals surface area contributed by atoms with Gasteiger partial charge in [0.05, 0.1) is 30.2 Å². The predicted molar refractivity (Wildman–Crippen MR) is 126 cm³/mol. The molecule has 0 saturated heterocycles. The third-order valence-corrected chi connectivity index (χ3v) is 6.21. The third kappa shape index (κ3) is 6.79. The quantitative estimate of drug-likeness (QED) is 0.426. The Labute approximate surface area is 197 Å². The van der Waals surface area contributed by atoms with E-state index in [2.05, 4.69) is 15.4 Å². The highest BCUT2D eigenvalue weighted by Gasteiger charge is 2.18. The van der Waals surface area contributed by atoms with Crippen LogP contribution in [0.2, 0.25) is 0 Å². The standard InChI is InChI=1S/C24H24FN3O5S/c1-16(29)26-23(17-6-10-21(33-2)11-7-17)15-24(30)27-19-8-12-22(13-9-19)34(31,32)28-20-5-3-4-18(25)14-20/h3-14,23,28H,15H2,1-2H3,(H,26,29)(H,27,30). The van der Waals surface area contributed by atoms with E-state index in [4.69, 9.17) is 4.74 Å². The molecule has 0 fully saturated rings. The lowest BCUT2D eigenvalue weighted by molar-refractivity contribution is -0.120. The summed E-state index contributed by atoms with van der Waals surface area (Å²) in [5.41, 5.74) is 1.21. The predicted octanol–water partition coefficient (Wildman–Crippen LogP) is 3.84. The maximum absolute atomic E-state index is 13.3. The second-order valence-electron chi connectivity index (χ2n) is 7.42. The van der Waals surface area contributed by atoms with Crippen molar-refractivity contribution in [2.75, 3.05) is 17.1 Å². The average Bonchev–Trinajstić information content (AvgIpc) is 2.78. The van der Waals surface area contributed by atoms with Gasteiger partial charge in [-0.05, 0) is 60.2 Å². The van der Waals surface area contributed by atoms with Crippen molar-refractivity contribution in [3.05, 3.63) is 84.2 Å². The SMILES string of the molecule is COc1ccc(C(CC(=O)Nc2ccc(S(=O)(=O)Nc3cccc(F)c3)cc2)NC(C)=O)cc1. The van der Waals surface area contributed by atoms with E-state index < -0.39 is 21.9 Å². The molecule has 0 radical (unpaired) electrons. The van der Waals surface area contributed by atoms with Gasteiger partial charge in [0.25, 0.3) is 10.0 Å². The van der Waals surface area contributed by atoms with E-state index in [9.17, 15) is 22.4 Å². The minimum absolute atomic E-state index is 0.0346. The molecule has 1 unspecified atom stereocenters. The van der Waals surface area contributed by atoms with Gasteiger partial charge in [0, 0.05) is 12.6 Å². The molecule has 3 rings (SSSR count). The number of sulfonamides is 1. The van der Waals surface area contributed by atoms with Gasteiger partial charge in [-0.25, -0.2) is 12.8 Å². The van der Waals surface area contributed by atoms with Crippen LogP contribution in [0.5, 0.6) is 5.75 Å². The van der Waals surface area contributed by atoms with Gasteiger partial charge in [0.15, 0.2) is 0 Å². The normalized spacial score (nSPS) is 11.9. The summed E-state index contributed by atoms with van der Waals surface area (Å²) < 4.78 is 45.8. The van der Waals surface area contributed by atoms with Gasteiger partial charge < -0.3 is 15.4 Å². The summed E-state index contributed by atoms with van der Waals surface area (Å²) in [5, 5.41) is 5.45. The zero-order chi connectivity index (χ0) is 24.7. The lowest BCUT2D eigenvalue weighted by Crippen LogP contribution is -2.29. The second kappa shape index (κ2) is 10.8. The molecule has 0 spiro atoms. The number of ether oxygens (including phenoxy) is 1. The van der Waals surface area contributed by atoms with E-state index in [0.717, 1.165) is 11.6 Å². The van der Waals surface area contributed by atoms with Crippen molar-refractivity contribution in [3.63, 3.8) is 0 Å². The van der Waals surface area contributed by atoms with Crippen LogP contribution in [0.15, 0.2) is 77.7 Å². The minimum atomic E-state index is -3.94. The van der Waals surface area contributed by atoms with Crippen LogP contribution in [0.3, 0.4) is 0 Å². The van der Waals surface area contributed by atoms with Gasteiger partial charge in [-0.3, -0.25) is 14.3 Å². The molecule has 0 saturated carbocycles. The van der Waals surface area contributed by atoms with Crippen molar-refractivity contribution in [1.29, 1.82) is 0 Å². The van der Waals surface area contributed by atoms with E-state index in [-0.39, 0.29) is 28.8 Å². The third-order valence-electron chi connectivity index (χ3n) is 4.81. The van der Waals surface area contributed by atoms with Crippen molar-refractivity contribution < 1.29 is 27.1 Å². The zero-order valence-corrected chi connectivity index (χ0v) is 19.4. The summed E-state index contributed by atoms with van der Waals surface area (Å²) in [6.45, 7) is 1.37. The van der Waals surface area contributed by atoms with Crippen molar-refractivity contribution in [2.24, 2.45) is 0 Å². The van der Waals surface area contributed by atoms with Gasteiger partial charge >= 0.3 is 0 Å². The van der Waals surface area contributed by atoms with Crippen LogP contribution >= 0.6 is 0 Å². The van der Waals surface area contributed by atoms with Crippen LogP contribution in [0, 0.1) is 5.82 Å². The Bertz CT molecular complexity index is 1260. The maximum atomic E-state index is 13.3. The number of hydrogen-bond donors (Lipinski definition) is 3. The van der Waals surface area contributed by atoms with E-state index in [1.807, 2.05) is 0 Å². The Morgan fingerprint density at radius 3 is 2.24 bits per heavy atom. The molecule has 178 valence electrons. The largest absolute Gasteiger partial charge is 0.497 e. The summed E-state index contributed by atoms with van der Waals surface area (Å²) in [4.78, 5) is 24.2. The summed E-state index contributed by atoms with van der Waals surface area (Å²) in [7, 11) is -2.39. The molecule has 0 aliphatic heterocycles. The number of carbonyl (C=O) groups is 2. The van der Waals surface area contributed by atoms with Gasteiger partial charge in [0.2, 0.25) is 11.8 Å². The molecule has 0 aromatic heterocycles. The van der Waals surface area contributed by atoms with E-state index in [1.165, 1.54) is 49.4 Å². The fourth-order valence-electron chi connectivity index (χ4n) is 3.21. The first-order valence-corrected chi connectivity index (χ1v) is 11.7. The van der Waals surface area contributed by atoms with E-state index in [1.54, 1.807) is 31.4 Å². The van der Waals surface area contributed by atoms with Gasteiger partial charge in [-0.15, -0.1) is 0 Å². The van der Waals surface area contributed by atoms with Crippen molar-refractivity contribution in [1.82, 2.24) is 5.32 Å². The molecule has 0 heterocycles. The van der Waals surface area contributed by atoms with E-state index in [0.29, 0.717) is 11.4 Å². The van der Waals surface area contributed by atoms with E-state index >= 15 is 0 Å². The summed E-state index contributed by atoms with van der Waals surface area (Å²) in [6, 6.07) is 17.1. The maximum Gasteiger partial charge on any atom is 0.261 e. The van der Waals surface area contributed by atoms with Crippen LogP contribution in [0.1, 0.15) is 24.9 Å². The van der Waals surface area contributed by atoms with Crippen molar-refractivity contribution in [3.8, 4) is 5.75 Å². The number of benzene rings is 3. The molecule has 8 nitrogen and oxygen atoms in total. The highest BCUT2D eigenvalue weighted by molar-refractivity contribution is 7.92. The Morgan fingerprint density at radius 2 is 1.65 bits per heavy atom. The fourth-order valence-corrected chi connectivity index (χ4v) is 4.26. The molecule has 34 heavy (non-hydrogen) atoms. The number of rotatable bonds is 9. The lowest BCUT2D eigenvalue weighted by atomic mass is 10.0. The average molecular weight is 486 g/mol. The molecule has 2 amide bonds. The smallest absolute Gasteiger partial charge is 0.261 e. The topological polar surface area (TPSA) is 114 Å². The number of amides is 2. The second-order valence-corrected chi connectivity index (χ2v) is 9.10. The molecular formula is C24H24FN3O5S. The molecule has 0 bridgehead atoms. The minimum Gasteiger partial charge on any atom is -0.497 e. The van der Waals surface area contributed by atoms with Crippen LogP contribution < -0.4 is 20.1 Å². The molecule has 0 aliphatic rings. The van der Waals surface area contributed by atoms with Gasteiger partial charge in [-0.2, -0.15) is 0 Å². The lowest BCUT2D eigenvalue weighted by Gasteiger charge is -2.18.